The van der Waals surface area contributed by atoms with Gasteiger partial charge in [0.2, 0.25) is 0 Å². The number of aryl methyl sites for hydroxylation is 1. The second-order valence-electron chi connectivity index (χ2n) is 8.95. The Balaban J connectivity index is 1.63. The summed E-state index contributed by atoms with van der Waals surface area (Å²) in [5.74, 6) is -0.243. The third kappa shape index (κ3) is 4.95. The van der Waals surface area contributed by atoms with Crippen molar-refractivity contribution in [1.29, 1.82) is 5.26 Å². The molecule has 0 aliphatic carbocycles. The van der Waals surface area contributed by atoms with Crippen LogP contribution in [0.5, 0.6) is 5.75 Å². The number of ether oxygens (including phenoxy) is 1. The number of piperazine rings is 1. The third-order valence-corrected chi connectivity index (χ3v) is 6.60. The Morgan fingerprint density at radius 3 is 2.57 bits per heavy atom. The van der Waals surface area contributed by atoms with Gasteiger partial charge in [-0.15, -0.1) is 13.2 Å². The van der Waals surface area contributed by atoms with Crippen molar-refractivity contribution < 1.29 is 17.9 Å². The van der Waals surface area contributed by atoms with E-state index in [2.05, 4.69) is 25.6 Å². The smallest absolute Gasteiger partial charge is 0.406 e. The zero-order valence-corrected chi connectivity index (χ0v) is 19.9. The van der Waals surface area contributed by atoms with Crippen molar-refractivity contribution in [3.63, 3.8) is 0 Å². The quantitative estimate of drug-likeness (QED) is 0.547. The first-order valence-electron chi connectivity index (χ1n) is 11.3. The summed E-state index contributed by atoms with van der Waals surface area (Å²) in [6, 6.07) is 12.8. The van der Waals surface area contributed by atoms with Crippen LogP contribution in [0.15, 0.2) is 47.3 Å². The summed E-state index contributed by atoms with van der Waals surface area (Å²) in [5.41, 5.74) is 2.72. The molecule has 1 unspecified atom stereocenters. The van der Waals surface area contributed by atoms with E-state index < -0.39 is 6.36 Å². The Hall–Kier alpha value is -3.58. The van der Waals surface area contributed by atoms with Gasteiger partial charge in [-0.05, 0) is 50.6 Å². The van der Waals surface area contributed by atoms with Crippen LogP contribution >= 0.6 is 0 Å². The maximum absolute atomic E-state index is 12.7. The van der Waals surface area contributed by atoms with Gasteiger partial charge in [0.15, 0.2) is 0 Å². The molecular weight excluding hydrogens is 459 g/mol. The lowest BCUT2D eigenvalue weighted by Gasteiger charge is -2.47. The lowest BCUT2D eigenvalue weighted by Crippen LogP contribution is -2.57. The number of alkyl halides is 3. The Labute approximate surface area is 201 Å². The van der Waals surface area contributed by atoms with Gasteiger partial charge in [-0.1, -0.05) is 12.1 Å². The van der Waals surface area contributed by atoms with Gasteiger partial charge in [-0.2, -0.15) is 5.26 Å². The minimum absolute atomic E-state index is 0.0200. The van der Waals surface area contributed by atoms with Crippen molar-refractivity contribution in [2.45, 2.75) is 45.3 Å². The second kappa shape index (κ2) is 9.23. The molecule has 0 amide bonds. The van der Waals surface area contributed by atoms with Gasteiger partial charge < -0.3 is 14.2 Å². The SMILES string of the molecule is CC(c1cccc(OC(F)(F)F)c1)N1C[C@H](C)N(c2cc(=O)n(C)c3ccc(C#N)nc23)C[C@H]1C. The van der Waals surface area contributed by atoms with E-state index in [1.807, 2.05) is 20.8 Å². The van der Waals surface area contributed by atoms with E-state index in [0.29, 0.717) is 29.8 Å². The van der Waals surface area contributed by atoms with Crippen LogP contribution in [0, 0.1) is 11.3 Å². The first-order chi connectivity index (χ1) is 16.5. The summed E-state index contributed by atoms with van der Waals surface area (Å²) >= 11 is 0. The fourth-order valence-electron chi connectivity index (χ4n) is 4.78. The highest BCUT2D eigenvalue weighted by molar-refractivity contribution is 5.89. The van der Waals surface area contributed by atoms with Crippen LogP contribution in [0.25, 0.3) is 11.0 Å². The van der Waals surface area contributed by atoms with E-state index in [1.165, 1.54) is 16.7 Å². The van der Waals surface area contributed by atoms with Crippen LogP contribution in [0.1, 0.15) is 38.1 Å². The third-order valence-electron chi connectivity index (χ3n) is 6.60. The van der Waals surface area contributed by atoms with Crippen LogP contribution < -0.4 is 15.2 Å². The fourth-order valence-corrected chi connectivity index (χ4v) is 4.78. The molecule has 4 rings (SSSR count). The summed E-state index contributed by atoms with van der Waals surface area (Å²) in [7, 11) is 1.67. The Morgan fingerprint density at radius 2 is 1.89 bits per heavy atom. The number of rotatable bonds is 4. The summed E-state index contributed by atoms with van der Waals surface area (Å²) in [6.07, 6.45) is -4.75. The Morgan fingerprint density at radius 1 is 1.14 bits per heavy atom. The van der Waals surface area contributed by atoms with Crippen LogP contribution in [0.4, 0.5) is 18.9 Å². The number of aromatic nitrogens is 2. The summed E-state index contributed by atoms with van der Waals surface area (Å²) in [6.45, 7) is 7.22. The highest BCUT2D eigenvalue weighted by Gasteiger charge is 2.35. The van der Waals surface area contributed by atoms with E-state index >= 15 is 0 Å². The van der Waals surface area contributed by atoms with E-state index in [-0.39, 0.29) is 35.1 Å². The highest BCUT2D eigenvalue weighted by Crippen LogP contribution is 2.34. The molecule has 2 aromatic heterocycles. The first kappa shape index (κ1) is 24.5. The van der Waals surface area contributed by atoms with E-state index in [4.69, 9.17) is 0 Å². The van der Waals surface area contributed by atoms with Gasteiger partial charge in [0.25, 0.3) is 5.56 Å². The van der Waals surface area contributed by atoms with Gasteiger partial charge in [0, 0.05) is 44.3 Å². The fraction of sp³-hybridized carbons (Fsp3) is 0.400. The maximum atomic E-state index is 12.7. The molecule has 35 heavy (non-hydrogen) atoms. The second-order valence-corrected chi connectivity index (χ2v) is 8.95. The monoisotopic (exact) mass is 485 g/mol. The van der Waals surface area contributed by atoms with E-state index in [9.17, 15) is 23.2 Å². The average molecular weight is 486 g/mol. The number of halogens is 3. The topological polar surface area (TPSA) is 74.4 Å². The number of benzene rings is 1. The molecule has 1 fully saturated rings. The molecule has 1 saturated heterocycles. The minimum atomic E-state index is -4.75. The van der Waals surface area contributed by atoms with E-state index in [1.54, 1.807) is 37.4 Å². The molecule has 3 atom stereocenters. The molecule has 1 aliphatic heterocycles. The Kier molecular flexibility index (Phi) is 6.47. The zero-order valence-electron chi connectivity index (χ0n) is 19.9. The number of anilines is 1. The first-order valence-corrected chi connectivity index (χ1v) is 11.3. The molecule has 0 N–H and O–H groups in total. The lowest BCUT2D eigenvalue weighted by molar-refractivity contribution is -0.274. The molecule has 1 aliphatic rings. The molecule has 3 heterocycles. The molecule has 3 aromatic rings. The van der Waals surface area contributed by atoms with Crippen LogP contribution in [-0.2, 0) is 7.05 Å². The Bertz CT molecular complexity index is 1350. The minimum Gasteiger partial charge on any atom is -0.406 e. The lowest BCUT2D eigenvalue weighted by atomic mass is 10.00. The van der Waals surface area contributed by atoms with Crippen molar-refractivity contribution in [3.8, 4) is 11.8 Å². The maximum Gasteiger partial charge on any atom is 0.573 e. The largest absolute Gasteiger partial charge is 0.573 e. The van der Waals surface area contributed by atoms with Gasteiger partial charge >= 0.3 is 6.36 Å². The molecule has 184 valence electrons. The number of hydrogen-bond donors (Lipinski definition) is 0. The zero-order chi connectivity index (χ0) is 25.5. The standard InChI is InChI=1S/C25H26F3N5O2/c1-15-14-33(22-11-23(34)31(4)21-9-8-19(12-29)30-24(21)22)16(2)13-32(15)17(3)18-6-5-7-20(10-18)35-25(26,27)28/h5-11,15-17H,13-14H2,1-4H3/t15-,16+,17?/m1/s1. The van der Waals surface area contributed by atoms with Crippen molar-refractivity contribution in [1.82, 2.24) is 14.5 Å². The van der Waals surface area contributed by atoms with Gasteiger partial charge in [-0.3, -0.25) is 9.69 Å². The molecular formula is C25H26F3N5O2. The predicted octanol–water partition coefficient (Wildman–Crippen LogP) is 4.36. The normalized spacial score (nSPS) is 20.0. The van der Waals surface area contributed by atoms with Crippen LogP contribution in [0.2, 0.25) is 0 Å². The van der Waals surface area contributed by atoms with Gasteiger partial charge in [0.05, 0.1) is 11.2 Å². The summed E-state index contributed by atoms with van der Waals surface area (Å²) < 4.78 is 43.6. The highest BCUT2D eigenvalue weighted by atomic mass is 19.4. The number of nitrogens with zero attached hydrogens (tertiary/aromatic N) is 5. The van der Waals surface area contributed by atoms with Crippen LogP contribution in [-0.4, -0.2) is 46.0 Å². The molecule has 10 heteroatoms. The average Bonchev–Trinajstić information content (AvgIpc) is 2.81. The van der Waals surface area contributed by atoms with Crippen molar-refractivity contribution in [3.05, 3.63) is 64.1 Å². The van der Waals surface area contributed by atoms with Gasteiger partial charge in [0.1, 0.15) is 23.0 Å². The van der Waals surface area contributed by atoms with Gasteiger partial charge in [-0.25, -0.2) is 4.98 Å². The summed E-state index contributed by atoms with van der Waals surface area (Å²) in [5, 5.41) is 9.33. The molecule has 0 saturated carbocycles. The molecule has 7 nitrogen and oxygen atoms in total. The number of pyridine rings is 2. The number of hydrogen-bond acceptors (Lipinski definition) is 6. The van der Waals surface area contributed by atoms with Crippen molar-refractivity contribution in [2.75, 3.05) is 18.0 Å². The summed E-state index contributed by atoms with van der Waals surface area (Å²) in [4.78, 5) is 21.5. The van der Waals surface area contributed by atoms with Crippen LogP contribution in [0.3, 0.4) is 0 Å². The number of nitriles is 1. The predicted molar refractivity (Wildman–Crippen MR) is 126 cm³/mol. The van der Waals surface area contributed by atoms with Crippen molar-refractivity contribution in [2.24, 2.45) is 7.05 Å². The molecule has 0 radical (unpaired) electrons. The molecule has 0 spiro atoms. The van der Waals surface area contributed by atoms with E-state index in [0.717, 1.165) is 5.56 Å². The van der Waals surface area contributed by atoms with Crippen molar-refractivity contribution >= 4 is 16.7 Å². The molecule has 0 bridgehead atoms. The number of fused-ring (bicyclic) bond motifs is 1. The molecule has 1 aromatic carbocycles.